The van der Waals surface area contributed by atoms with E-state index in [1.807, 2.05) is 0 Å². The van der Waals surface area contributed by atoms with Crippen molar-refractivity contribution >= 4 is 45.0 Å². The van der Waals surface area contributed by atoms with Crippen molar-refractivity contribution in [2.75, 3.05) is 4.90 Å². The number of nitrogens with zero attached hydrogens (tertiary/aromatic N) is 1. The molecule has 2 aliphatic rings. The lowest BCUT2D eigenvalue weighted by atomic mass is 9.84. The molecule has 1 spiro atoms. The van der Waals surface area contributed by atoms with Gasteiger partial charge in [-0.1, -0.05) is 24.4 Å². The van der Waals surface area contributed by atoms with Gasteiger partial charge in [-0.15, -0.1) is 0 Å². The lowest BCUT2D eigenvalue weighted by Crippen LogP contribution is -2.34. The van der Waals surface area contributed by atoms with Crippen LogP contribution >= 0.6 is 27.5 Å². The fourth-order valence-electron chi connectivity index (χ4n) is 3.14. The zero-order chi connectivity index (χ0) is 13.6. The summed E-state index contributed by atoms with van der Waals surface area (Å²) in [5, 5.41) is 0.520. The van der Waals surface area contributed by atoms with Crippen LogP contribution in [-0.4, -0.2) is 11.8 Å². The van der Waals surface area contributed by atoms with E-state index >= 15 is 0 Å². The maximum absolute atomic E-state index is 12.6. The number of halogens is 2. The van der Waals surface area contributed by atoms with E-state index in [9.17, 15) is 9.59 Å². The first-order valence-electron chi connectivity index (χ1n) is 6.36. The number of carbonyl (C=O) groups is 2. The standard InChI is InChI=1S/C14H13BrClNO2/c15-10-4-3-9(16)7-11(10)17-12(18)8-14(13(17)19)5-1-2-6-14/h3-4,7H,1-2,5-6,8H2. The van der Waals surface area contributed by atoms with Crippen LogP contribution in [0.2, 0.25) is 5.02 Å². The maximum Gasteiger partial charge on any atom is 0.240 e. The van der Waals surface area contributed by atoms with Gasteiger partial charge in [-0.25, -0.2) is 4.90 Å². The average Bonchev–Trinajstić information content (AvgIpc) is 2.91. The van der Waals surface area contributed by atoms with Gasteiger partial charge in [-0.3, -0.25) is 9.59 Å². The lowest BCUT2D eigenvalue weighted by molar-refractivity contribution is -0.125. The van der Waals surface area contributed by atoms with Crippen LogP contribution in [0.3, 0.4) is 0 Å². The minimum Gasteiger partial charge on any atom is -0.274 e. The largest absolute Gasteiger partial charge is 0.274 e. The number of carbonyl (C=O) groups excluding carboxylic acids is 2. The molecule has 1 saturated heterocycles. The summed E-state index contributed by atoms with van der Waals surface area (Å²) >= 11 is 9.36. The number of hydrogen-bond donors (Lipinski definition) is 0. The van der Waals surface area contributed by atoms with Gasteiger partial charge in [0.2, 0.25) is 11.8 Å². The predicted molar refractivity (Wildman–Crippen MR) is 77.2 cm³/mol. The molecule has 0 radical (unpaired) electrons. The number of hydrogen-bond acceptors (Lipinski definition) is 2. The summed E-state index contributed by atoms with van der Waals surface area (Å²) in [6, 6.07) is 5.15. The van der Waals surface area contributed by atoms with Gasteiger partial charge < -0.3 is 0 Å². The molecule has 0 aromatic heterocycles. The summed E-state index contributed by atoms with van der Waals surface area (Å²) in [5.41, 5.74) is 0.116. The number of anilines is 1. The zero-order valence-electron chi connectivity index (χ0n) is 10.3. The topological polar surface area (TPSA) is 37.4 Å². The van der Waals surface area contributed by atoms with Gasteiger partial charge in [0.1, 0.15) is 0 Å². The zero-order valence-corrected chi connectivity index (χ0v) is 12.6. The molecule has 0 unspecified atom stereocenters. The highest BCUT2D eigenvalue weighted by atomic mass is 79.9. The van der Waals surface area contributed by atoms with Crippen LogP contribution in [0.15, 0.2) is 22.7 Å². The van der Waals surface area contributed by atoms with Gasteiger partial charge in [0.15, 0.2) is 0 Å². The summed E-state index contributed by atoms with van der Waals surface area (Å²) in [4.78, 5) is 26.2. The Bertz CT molecular complexity index is 567. The first-order valence-corrected chi connectivity index (χ1v) is 7.53. The first kappa shape index (κ1) is 13.1. The molecule has 1 aliphatic heterocycles. The minimum atomic E-state index is -0.446. The number of benzene rings is 1. The van der Waals surface area contributed by atoms with E-state index < -0.39 is 5.41 Å². The molecule has 0 bridgehead atoms. The van der Waals surface area contributed by atoms with E-state index in [0.29, 0.717) is 21.6 Å². The third-order valence-corrected chi connectivity index (χ3v) is 5.01. The molecule has 1 aliphatic carbocycles. The van der Waals surface area contributed by atoms with Gasteiger partial charge in [-0.05, 0) is 47.0 Å². The quantitative estimate of drug-likeness (QED) is 0.725. The second kappa shape index (κ2) is 4.60. The van der Waals surface area contributed by atoms with Crippen molar-refractivity contribution in [1.82, 2.24) is 0 Å². The SMILES string of the molecule is O=C1CC2(CCCC2)C(=O)N1c1cc(Cl)ccc1Br. The predicted octanol–water partition coefficient (Wildman–Crippen LogP) is 3.93. The van der Waals surface area contributed by atoms with E-state index in [1.165, 1.54) is 4.90 Å². The molecule has 2 fully saturated rings. The number of rotatable bonds is 1. The Morgan fingerprint density at radius 3 is 2.58 bits per heavy atom. The molecule has 5 heteroatoms. The second-order valence-corrected chi connectivity index (χ2v) is 6.59. The Labute approximate surface area is 125 Å². The highest BCUT2D eigenvalue weighted by molar-refractivity contribution is 9.10. The van der Waals surface area contributed by atoms with Crippen molar-refractivity contribution in [2.45, 2.75) is 32.1 Å². The van der Waals surface area contributed by atoms with Crippen LogP contribution in [0.1, 0.15) is 32.1 Å². The summed E-state index contributed by atoms with van der Waals surface area (Å²) < 4.78 is 0.716. The Balaban J connectivity index is 2.03. The maximum atomic E-state index is 12.6. The van der Waals surface area contributed by atoms with Crippen LogP contribution in [-0.2, 0) is 9.59 Å². The van der Waals surface area contributed by atoms with Gasteiger partial charge in [0, 0.05) is 15.9 Å². The van der Waals surface area contributed by atoms with E-state index in [1.54, 1.807) is 18.2 Å². The molecule has 2 amide bonds. The number of amides is 2. The van der Waals surface area contributed by atoms with E-state index in [-0.39, 0.29) is 11.8 Å². The van der Waals surface area contributed by atoms with Crippen LogP contribution in [0.4, 0.5) is 5.69 Å². The third kappa shape index (κ3) is 2.01. The summed E-state index contributed by atoms with van der Waals surface area (Å²) in [5.74, 6) is -0.173. The van der Waals surface area contributed by atoms with Gasteiger partial charge in [0.05, 0.1) is 11.1 Å². The molecule has 3 nitrogen and oxygen atoms in total. The summed E-state index contributed by atoms with van der Waals surface area (Å²) in [7, 11) is 0. The summed E-state index contributed by atoms with van der Waals surface area (Å²) in [6.45, 7) is 0. The van der Waals surface area contributed by atoms with Crippen LogP contribution in [0, 0.1) is 5.41 Å². The Kier molecular flexibility index (Phi) is 3.18. The Hall–Kier alpha value is -0.870. The van der Waals surface area contributed by atoms with Crippen LogP contribution < -0.4 is 4.90 Å². The molecule has 0 atom stereocenters. The van der Waals surface area contributed by atoms with Gasteiger partial charge in [0.25, 0.3) is 0 Å². The number of imide groups is 1. The van der Waals surface area contributed by atoms with Crippen molar-refractivity contribution in [1.29, 1.82) is 0 Å². The highest BCUT2D eigenvalue weighted by Crippen LogP contribution is 2.49. The molecule has 1 saturated carbocycles. The van der Waals surface area contributed by atoms with Crippen molar-refractivity contribution in [3.05, 3.63) is 27.7 Å². The third-order valence-electron chi connectivity index (χ3n) is 4.11. The Morgan fingerprint density at radius 1 is 1.21 bits per heavy atom. The molecule has 1 heterocycles. The van der Waals surface area contributed by atoms with Crippen LogP contribution in [0.25, 0.3) is 0 Å². The van der Waals surface area contributed by atoms with Crippen LogP contribution in [0.5, 0.6) is 0 Å². The normalized spacial score (nSPS) is 21.7. The Morgan fingerprint density at radius 2 is 1.89 bits per heavy atom. The average molecular weight is 343 g/mol. The monoisotopic (exact) mass is 341 g/mol. The smallest absolute Gasteiger partial charge is 0.240 e. The molecule has 1 aromatic carbocycles. The van der Waals surface area contributed by atoms with Gasteiger partial charge in [-0.2, -0.15) is 0 Å². The molecule has 100 valence electrons. The highest BCUT2D eigenvalue weighted by Gasteiger charge is 2.53. The fourth-order valence-corrected chi connectivity index (χ4v) is 3.73. The lowest BCUT2D eigenvalue weighted by Gasteiger charge is -2.21. The molecular weight excluding hydrogens is 330 g/mol. The van der Waals surface area contributed by atoms with Gasteiger partial charge >= 0.3 is 0 Å². The molecule has 19 heavy (non-hydrogen) atoms. The van der Waals surface area contributed by atoms with E-state index in [4.69, 9.17) is 11.6 Å². The van der Waals surface area contributed by atoms with Crippen molar-refractivity contribution in [3.63, 3.8) is 0 Å². The molecule has 0 N–H and O–H groups in total. The minimum absolute atomic E-state index is 0.0574. The van der Waals surface area contributed by atoms with Crippen molar-refractivity contribution < 1.29 is 9.59 Å². The second-order valence-electron chi connectivity index (χ2n) is 5.29. The molecule has 1 aromatic rings. The molecular formula is C14H13BrClNO2. The van der Waals surface area contributed by atoms with E-state index in [0.717, 1.165) is 25.7 Å². The first-order chi connectivity index (χ1) is 9.03. The van der Waals surface area contributed by atoms with Crippen molar-refractivity contribution in [3.8, 4) is 0 Å². The fraction of sp³-hybridized carbons (Fsp3) is 0.429. The van der Waals surface area contributed by atoms with Crippen molar-refractivity contribution in [2.24, 2.45) is 5.41 Å². The summed E-state index contributed by atoms with van der Waals surface area (Å²) in [6.07, 6.45) is 4.05. The molecule has 3 rings (SSSR count). The van der Waals surface area contributed by atoms with E-state index in [2.05, 4.69) is 15.9 Å².